The van der Waals surface area contributed by atoms with Crippen LogP contribution in [0.5, 0.6) is 0 Å². The molecule has 2 rings (SSSR count). The molecule has 3 nitrogen and oxygen atoms in total. The van der Waals surface area contributed by atoms with Gasteiger partial charge < -0.3 is 9.42 Å². The van der Waals surface area contributed by atoms with Crippen LogP contribution in [0.3, 0.4) is 0 Å². The predicted octanol–water partition coefficient (Wildman–Crippen LogP) is 2.34. The van der Waals surface area contributed by atoms with E-state index in [0.29, 0.717) is 12.5 Å². The van der Waals surface area contributed by atoms with E-state index in [-0.39, 0.29) is 0 Å². The maximum absolute atomic E-state index is 5.42. The zero-order chi connectivity index (χ0) is 10.8. The van der Waals surface area contributed by atoms with E-state index in [4.69, 9.17) is 16.7 Å². The van der Waals surface area contributed by atoms with Gasteiger partial charge in [-0.25, -0.2) is 0 Å². The second-order valence-corrected chi connectivity index (χ2v) is 4.66. The van der Waals surface area contributed by atoms with Gasteiger partial charge in [-0.15, -0.1) is 0 Å². The lowest BCUT2D eigenvalue weighted by molar-refractivity contribution is 0.377. The van der Waals surface area contributed by atoms with E-state index in [1.54, 1.807) is 0 Å². The van der Waals surface area contributed by atoms with Crippen molar-refractivity contribution in [2.24, 2.45) is 0 Å². The van der Waals surface area contributed by atoms with Crippen LogP contribution in [0.15, 0.2) is 10.6 Å². The topological polar surface area (TPSA) is 29.3 Å². The van der Waals surface area contributed by atoms with Crippen molar-refractivity contribution < 1.29 is 4.52 Å². The molecule has 1 aliphatic rings. The summed E-state index contributed by atoms with van der Waals surface area (Å²) in [6.45, 7) is 5.24. The second-order valence-electron chi connectivity index (χ2n) is 4.19. The third-order valence-electron chi connectivity index (χ3n) is 2.88. The van der Waals surface area contributed by atoms with Crippen molar-refractivity contribution in [1.29, 1.82) is 0 Å². The van der Waals surface area contributed by atoms with E-state index in [1.165, 1.54) is 12.8 Å². The minimum atomic E-state index is 0.585. The van der Waals surface area contributed by atoms with Crippen LogP contribution in [0, 0.1) is 6.92 Å². The third-order valence-corrected chi connectivity index (χ3v) is 3.25. The molecule has 4 heteroatoms. The molecule has 0 N–H and O–H groups in total. The monoisotopic (exact) mass is 224 g/mol. The van der Waals surface area contributed by atoms with Crippen LogP contribution >= 0.6 is 12.2 Å². The quantitative estimate of drug-likeness (QED) is 0.721. The van der Waals surface area contributed by atoms with Gasteiger partial charge in [-0.3, -0.25) is 0 Å². The molecular weight excluding hydrogens is 208 g/mol. The SMILES string of the molecule is Cc1cc(CC(=S)N2CCCC2C)on1. The average molecular weight is 224 g/mol. The standard InChI is InChI=1S/C11H16N2OS/c1-8-6-10(14-12-8)7-11(15)13-5-3-4-9(13)2/h6,9H,3-5,7H2,1-2H3. The van der Waals surface area contributed by atoms with Gasteiger partial charge in [-0.1, -0.05) is 17.4 Å². The van der Waals surface area contributed by atoms with Gasteiger partial charge in [0.2, 0.25) is 0 Å². The van der Waals surface area contributed by atoms with Gasteiger partial charge in [0.25, 0.3) is 0 Å². The smallest absolute Gasteiger partial charge is 0.143 e. The third kappa shape index (κ3) is 2.37. The highest BCUT2D eigenvalue weighted by atomic mass is 32.1. The molecule has 0 radical (unpaired) electrons. The van der Waals surface area contributed by atoms with Crippen LogP contribution in [-0.2, 0) is 6.42 Å². The molecule has 15 heavy (non-hydrogen) atoms. The lowest BCUT2D eigenvalue weighted by Gasteiger charge is -2.23. The Morgan fingerprint density at radius 3 is 3.07 bits per heavy atom. The van der Waals surface area contributed by atoms with Crippen molar-refractivity contribution in [2.75, 3.05) is 6.54 Å². The van der Waals surface area contributed by atoms with Crippen LogP contribution in [0.4, 0.5) is 0 Å². The number of nitrogens with zero attached hydrogens (tertiary/aromatic N) is 2. The first-order valence-electron chi connectivity index (χ1n) is 5.38. The number of hydrogen-bond donors (Lipinski definition) is 0. The van der Waals surface area contributed by atoms with E-state index in [2.05, 4.69) is 17.0 Å². The fourth-order valence-corrected chi connectivity index (χ4v) is 2.47. The maximum atomic E-state index is 5.42. The molecule has 1 atom stereocenters. The summed E-state index contributed by atoms with van der Waals surface area (Å²) in [5.41, 5.74) is 0.919. The highest BCUT2D eigenvalue weighted by molar-refractivity contribution is 7.80. The summed E-state index contributed by atoms with van der Waals surface area (Å²) in [7, 11) is 0. The minimum absolute atomic E-state index is 0.585. The number of rotatable bonds is 2. The molecule has 0 aliphatic carbocycles. The van der Waals surface area contributed by atoms with E-state index in [1.807, 2.05) is 13.0 Å². The Bertz CT molecular complexity index is 361. The molecule has 0 amide bonds. The first-order valence-corrected chi connectivity index (χ1v) is 5.79. The highest BCUT2D eigenvalue weighted by Gasteiger charge is 2.23. The summed E-state index contributed by atoms with van der Waals surface area (Å²) in [5.74, 6) is 0.872. The summed E-state index contributed by atoms with van der Waals surface area (Å²) < 4.78 is 5.17. The van der Waals surface area contributed by atoms with Gasteiger partial charge >= 0.3 is 0 Å². The molecular formula is C11H16N2OS. The molecule has 82 valence electrons. The Hall–Kier alpha value is -0.900. The Morgan fingerprint density at radius 1 is 1.73 bits per heavy atom. The average Bonchev–Trinajstić information content (AvgIpc) is 2.75. The summed E-state index contributed by atoms with van der Waals surface area (Å²) in [5, 5.41) is 3.86. The van der Waals surface area contributed by atoms with Crippen molar-refractivity contribution >= 4 is 17.2 Å². The van der Waals surface area contributed by atoms with E-state index in [0.717, 1.165) is 23.0 Å². The van der Waals surface area contributed by atoms with Crippen LogP contribution in [0.2, 0.25) is 0 Å². The van der Waals surface area contributed by atoms with Crippen molar-refractivity contribution in [3.8, 4) is 0 Å². The molecule has 0 aromatic carbocycles. The maximum Gasteiger partial charge on any atom is 0.143 e. The highest BCUT2D eigenvalue weighted by Crippen LogP contribution is 2.18. The van der Waals surface area contributed by atoms with E-state index >= 15 is 0 Å². The largest absolute Gasteiger partial charge is 0.363 e. The first-order chi connectivity index (χ1) is 7.16. The number of thiocarbonyl (C=S) groups is 1. The van der Waals surface area contributed by atoms with Gasteiger partial charge in [0.05, 0.1) is 17.1 Å². The van der Waals surface area contributed by atoms with Crippen LogP contribution in [0.1, 0.15) is 31.2 Å². The molecule has 1 aliphatic heterocycles. The fraction of sp³-hybridized carbons (Fsp3) is 0.636. The Balaban J connectivity index is 1.97. The van der Waals surface area contributed by atoms with Crippen LogP contribution in [-0.4, -0.2) is 27.6 Å². The van der Waals surface area contributed by atoms with Gasteiger partial charge in [0.1, 0.15) is 5.76 Å². The van der Waals surface area contributed by atoms with Gasteiger partial charge in [-0.2, -0.15) is 0 Å². The molecule has 0 spiro atoms. The van der Waals surface area contributed by atoms with Crippen molar-refractivity contribution in [2.45, 2.75) is 39.2 Å². The summed E-state index contributed by atoms with van der Waals surface area (Å²) in [6, 6.07) is 2.54. The van der Waals surface area contributed by atoms with Gasteiger partial charge in [0, 0.05) is 18.7 Å². The fourth-order valence-electron chi connectivity index (χ4n) is 2.05. The Labute approximate surface area is 95.4 Å². The number of aryl methyl sites for hydroxylation is 1. The van der Waals surface area contributed by atoms with E-state index < -0.39 is 0 Å². The van der Waals surface area contributed by atoms with Crippen LogP contribution in [0.25, 0.3) is 0 Å². The normalized spacial score (nSPS) is 20.9. The molecule has 1 aromatic rings. The molecule has 1 saturated heterocycles. The first kappa shape index (κ1) is 10.6. The predicted molar refractivity (Wildman–Crippen MR) is 62.9 cm³/mol. The molecule has 1 fully saturated rings. The molecule has 0 bridgehead atoms. The number of hydrogen-bond acceptors (Lipinski definition) is 3. The van der Waals surface area contributed by atoms with Gasteiger partial charge in [0.15, 0.2) is 0 Å². The minimum Gasteiger partial charge on any atom is -0.363 e. The zero-order valence-corrected chi connectivity index (χ0v) is 10.0. The van der Waals surface area contributed by atoms with Crippen molar-refractivity contribution in [1.82, 2.24) is 10.1 Å². The molecule has 1 unspecified atom stereocenters. The van der Waals surface area contributed by atoms with E-state index in [9.17, 15) is 0 Å². The summed E-state index contributed by atoms with van der Waals surface area (Å²) in [4.78, 5) is 3.28. The summed E-state index contributed by atoms with van der Waals surface area (Å²) in [6.07, 6.45) is 3.20. The van der Waals surface area contributed by atoms with Gasteiger partial charge in [-0.05, 0) is 26.7 Å². The number of aromatic nitrogens is 1. The zero-order valence-electron chi connectivity index (χ0n) is 9.19. The second kappa shape index (κ2) is 4.31. The summed E-state index contributed by atoms with van der Waals surface area (Å²) >= 11 is 5.42. The Morgan fingerprint density at radius 2 is 2.53 bits per heavy atom. The van der Waals surface area contributed by atoms with Crippen molar-refractivity contribution in [3.63, 3.8) is 0 Å². The lowest BCUT2D eigenvalue weighted by atomic mass is 10.2. The molecule has 0 saturated carbocycles. The van der Waals surface area contributed by atoms with Crippen molar-refractivity contribution in [3.05, 3.63) is 17.5 Å². The molecule has 1 aromatic heterocycles. The van der Waals surface area contributed by atoms with Crippen LogP contribution < -0.4 is 0 Å². The molecule has 2 heterocycles. The number of likely N-dealkylation sites (tertiary alicyclic amines) is 1. The lowest BCUT2D eigenvalue weighted by Crippen LogP contribution is -2.33. The Kier molecular flexibility index (Phi) is 3.05.